The molecule has 0 unspecified atom stereocenters. The maximum atomic E-state index is 10.8. The summed E-state index contributed by atoms with van der Waals surface area (Å²) in [4.78, 5) is 14.9. The predicted molar refractivity (Wildman–Crippen MR) is 66.2 cm³/mol. The number of azo groups is 1. The van der Waals surface area contributed by atoms with Gasteiger partial charge in [0.15, 0.2) is 0 Å². The zero-order valence-corrected chi connectivity index (χ0v) is 10.0. The highest BCUT2D eigenvalue weighted by Gasteiger charge is 2.09. The first-order valence-electron chi connectivity index (χ1n) is 5.37. The summed E-state index contributed by atoms with van der Waals surface area (Å²) in [6, 6.07) is 9.40. The first-order valence-corrected chi connectivity index (χ1v) is 5.37. The fourth-order valence-electron chi connectivity index (χ4n) is 1.28. The molecule has 1 heterocycles. The Labute approximate surface area is 104 Å². The Kier molecular flexibility index (Phi) is 3.47. The van der Waals surface area contributed by atoms with Gasteiger partial charge in [-0.05, 0) is 19.1 Å². The molecule has 0 spiro atoms. The van der Waals surface area contributed by atoms with Gasteiger partial charge in [-0.1, -0.05) is 18.2 Å². The quantitative estimate of drug-likeness (QED) is 0.840. The van der Waals surface area contributed by atoms with Gasteiger partial charge in [-0.15, -0.1) is 10.2 Å². The monoisotopic (exact) mass is 244 g/mol. The summed E-state index contributed by atoms with van der Waals surface area (Å²) in [5.74, 6) is 0.0328. The van der Waals surface area contributed by atoms with E-state index < -0.39 is 0 Å². The number of nitrogens with one attached hydrogen (secondary N) is 1. The van der Waals surface area contributed by atoms with Crippen LogP contribution in [-0.2, 0) is 4.79 Å². The van der Waals surface area contributed by atoms with E-state index in [1.165, 1.54) is 6.92 Å². The predicted octanol–water partition coefficient (Wildman–Crippen LogP) is 3.36. The van der Waals surface area contributed by atoms with E-state index in [0.29, 0.717) is 5.69 Å². The number of amides is 1. The van der Waals surface area contributed by atoms with Crippen molar-refractivity contribution in [3.63, 3.8) is 0 Å². The van der Waals surface area contributed by atoms with Crippen LogP contribution >= 0.6 is 0 Å². The molecule has 0 aliphatic heterocycles. The number of oxazole rings is 1. The molecule has 0 bridgehead atoms. The van der Waals surface area contributed by atoms with Crippen LogP contribution in [-0.4, -0.2) is 10.9 Å². The van der Waals surface area contributed by atoms with Crippen molar-refractivity contribution < 1.29 is 9.21 Å². The smallest absolute Gasteiger partial charge is 0.303 e. The lowest BCUT2D eigenvalue weighted by Gasteiger charge is -1.91. The number of hydrogen-bond acceptors (Lipinski definition) is 5. The highest BCUT2D eigenvalue weighted by Crippen LogP contribution is 2.25. The normalized spacial score (nSPS) is 10.8. The maximum Gasteiger partial charge on any atom is 0.303 e. The third-order valence-corrected chi connectivity index (χ3v) is 2.07. The molecule has 1 aromatic carbocycles. The molecule has 0 fully saturated rings. The average molecular weight is 244 g/mol. The van der Waals surface area contributed by atoms with Gasteiger partial charge in [0.25, 0.3) is 5.88 Å². The van der Waals surface area contributed by atoms with Gasteiger partial charge in [-0.2, -0.15) is 4.98 Å². The topological polar surface area (TPSA) is 79.9 Å². The molecule has 92 valence electrons. The summed E-state index contributed by atoms with van der Waals surface area (Å²) in [5, 5.41) is 10.4. The minimum atomic E-state index is -0.247. The van der Waals surface area contributed by atoms with Crippen LogP contribution in [0, 0.1) is 6.92 Å². The molecule has 0 saturated heterocycles. The van der Waals surface area contributed by atoms with Crippen LogP contribution in [0.4, 0.5) is 17.6 Å². The second-order valence-electron chi connectivity index (χ2n) is 3.63. The van der Waals surface area contributed by atoms with Crippen LogP contribution in [0.3, 0.4) is 0 Å². The van der Waals surface area contributed by atoms with E-state index in [9.17, 15) is 4.79 Å². The Morgan fingerprint density at radius 2 is 2.00 bits per heavy atom. The zero-order chi connectivity index (χ0) is 13.0. The van der Waals surface area contributed by atoms with Crippen molar-refractivity contribution in [2.45, 2.75) is 13.8 Å². The van der Waals surface area contributed by atoms with Crippen LogP contribution in [0.2, 0.25) is 0 Å². The van der Waals surface area contributed by atoms with E-state index in [1.807, 2.05) is 30.3 Å². The molecule has 1 amide bonds. The van der Waals surface area contributed by atoms with Crippen molar-refractivity contribution in [2.24, 2.45) is 10.2 Å². The number of anilines is 1. The molecule has 0 atom stereocenters. The number of carbonyl (C=O) groups is 1. The molecule has 6 nitrogen and oxygen atoms in total. The van der Waals surface area contributed by atoms with Crippen molar-refractivity contribution >= 4 is 23.5 Å². The van der Waals surface area contributed by atoms with E-state index in [0.717, 1.165) is 5.69 Å². The lowest BCUT2D eigenvalue weighted by atomic mass is 10.3. The van der Waals surface area contributed by atoms with Gasteiger partial charge >= 0.3 is 6.01 Å². The molecule has 1 aromatic heterocycles. The number of aryl methyl sites for hydroxylation is 1. The maximum absolute atomic E-state index is 10.8. The SMILES string of the molecule is CC(=O)Nc1nc(C)c(N=Nc2ccccc2)o1. The number of nitrogens with zero attached hydrogens (tertiary/aromatic N) is 3. The molecule has 1 N–H and O–H groups in total. The molecule has 2 aromatic rings. The van der Waals surface area contributed by atoms with Gasteiger partial charge in [0.05, 0.1) is 5.69 Å². The van der Waals surface area contributed by atoms with Gasteiger partial charge in [-0.25, -0.2) is 0 Å². The molecule has 18 heavy (non-hydrogen) atoms. The Morgan fingerprint density at radius 1 is 1.28 bits per heavy atom. The van der Waals surface area contributed by atoms with Gasteiger partial charge in [0.1, 0.15) is 5.69 Å². The fraction of sp³-hybridized carbons (Fsp3) is 0.167. The molecule has 2 rings (SSSR count). The lowest BCUT2D eigenvalue weighted by Crippen LogP contribution is -2.05. The zero-order valence-electron chi connectivity index (χ0n) is 10.0. The van der Waals surface area contributed by atoms with E-state index in [2.05, 4.69) is 20.5 Å². The fourth-order valence-corrected chi connectivity index (χ4v) is 1.28. The molecule has 0 aliphatic rings. The second kappa shape index (κ2) is 5.22. The first kappa shape index (κ1) is 12.0. The standard InChI is InChI=1S/C12H12N4O2/c1-8-11(18-12(13-8)14-9(2)17)16-15-10-6-4-3-5-7-10/h3-7H,1-2H3,(H,13,14,17). The third kappa shape index (κ3) is 3.00. The minimum Gasteiger partial charge on any atom is -0.403 e. The first-order chi connectivity index (χ1) is 8.65. The van der Waals surface area contributed by atoms with Gasteiger partial charge in [0.2, 0.25) is 5.91 Å². The van der Waals surface area contributed by atoms with Crippen molar-refractivity contribution in [1.29, 1.82) is 0 Å². The lowest BCUT2D eigenvalue weighted by molar-refractivity contribution is -0.114. The summed E-state index contributed by atoms with van der Waals surface area (Å²) in [5.41, 5.74) is 1.29. The third-order valence-electron chi connectivity index (χ3n) is 2.07. The van der Waals surface area contributed by atoms with Crippen molar-refractivity contribution in [1.82, 2.24) is 4.98 Å². The number of benzene rings is 1. The molecule has 6 heteroatoms. The Hall–Kier alpha value is -2.50. The van der Waals surface area contributed by atoms with Crippen LogP contribution in [0.15, 0.2) is 45.0 Å². The largest absolute Gasteiger partial charge is 0.403 e. The van der Waals surface area contributed by atoms with Crippen LogP contribution in [0.25, 0.3) is 0 Å². The highest BCUT2D eigenvalue weighted by molar-refractivity contribution is 5.86. The molecule has 0 radical (unpaired) electrons. The number of rotatable bonds is 3. The van der Waals surface area contributed by atoms with E-state index >= 15 is 0 Å². The Balaban J connectivity index is 2.17. The molecular weight excluding hydrogens is 232 g/mol. The number of aromatic nitrogens is 1. The summed E-state index contributed by atoms with van der Waals surface area (Å²) < 4.78 is 5.24. The van der Waals surface area contributed by atoms with Crippen molar-refractivity contribution in [2.75, 3.05) is 5.32 Å². The molecule has 0 saturated carbocycles. The van der Waals surface area contributed by atoms with E-state index in [-0.39, 0.29) is 17.8 Å². The van der Waals surface area contributed by atoms with E-state index in [4.69, 9.17) is 4.42 Å². The van der Waals surface area contributed by atoms with Crippen molar-refractivity contribution in [3.8, 4) is 0 Å². The minimum absolute atomic E-state index is 0.127. The summed E-state index contributed by atoms with van der Waals surface area (Å²) in [6.45, 7) is 3.11. The summed E-state index contributed by atoms with van der Waals surface area (Å²) in [6.07, 6.45) is 0. The van der Waals surface area contributed by atoms with Crippen molar-refractivity contribution in [3.05, 3.63) is 36.0 Å². The second-order valence-corrected chi connectivity index (χ2v) is 3.63. The highest BCUT2D eigenvalue weighted by atomic mass is 16.4. The number of carbonyl (C=O) groups excluding carboxylic acids is 1. The van der Waals surface area contributed by atoms with Gasteiger partial charge in [0, 0.05) is 6.92 Å². The Morgan fingerprint density at radius 3 is 2.67 bits per heavy atom. The van der Waals surface area contributed by atoms with Crippen LogP contribution in [0.1, 0.15) is 12.6 Å². The average Bonchev–Trinajstić information content (AvgIpc) is 2.67. The molecular formula is C12H12N4O2. The Bertz CT molecular complexity index is 575. The van der Waals surface area contributed by atoms with Crippen LogP contribution in [0.5, 0.6) is 0 Å². The van der Waals surface area contributed by atoms with Gasteiger partial charge in [-0.3, -0.25) is 10.1 Å². The van der Waals surface area contributed by atoms with E-state index in [1.54, 1.807) is 6.92 Å². The number of hydrogen-bond donors (Lipinski definition) is 1. The molecule has 0 aliphatic carbocycles. The van der Waals surface area contributed by atoms with Crippen LogP contribution < -0.4 is 5.32 Å². The summed E-state index contributed by atoms with van der Waals surface area (Å²) >= 11 is 0. The summed E-state index contributed by atoms with van der Waals surface area (Å²) in [7, 11) is 0. The van der Waals surface area contributed by atoms with Gasteiger partial charge < -0.3 is 4.42 Å².